The predicted molar refractivity (Wildman–Crippen MR) is 294 cm³/mol. The molecule has 68 heavy (non-hydrogen) atoms. The number of rotatable bonds is 5. The highest BCUT2D eigenvalue weighted by Crippen LogP contribution is 2.52. The molecule has 0 aliphatic carbocycles. The molecule has 14 rings (SSSR count). The summed E-state index contributed by atoms with van der Waals surface area (Å²) >= 11 is 0. The molecule has 0 nitrogen and oxygen atoms in total. The van der Waals surface area contributed by atoms with Gasteiger partial charge in [0.25, 0.3) is 0 Å². The second-order valence-corrected chi connectivity index (χ2v) is 18.4. The number of benzene rings is 14. The van der Waals surface area contributed by atoms with E-state index in [2.05, 4.69) is 255 Å². The van der Waals surface area contributed by atoms with Crippen molar-refractivity contribution in [3.8, 4) is 55.6 Å². The van der Waals surface area contributed by atoms with Crippen LogP contribution >= 0.6 is 0 Å². The highest BCUT2D eigenvalue weighted by Gasteiger charge is 2.25. The molecule has 0 N–H and O–H groups in total. The van der Waals surface area contributed by atoms with E-state index in [1.807, 2.05) is 0 Å². The maximum absolute atomic E-state index is 2.47. The average molecular weight is 859 g/mol. The molecule has 0 aliphatic heterocycles. The Hall–Kier alpha value is -8.84. The third kappa shape index (κ3) is 6.15. The van der Waals surface area contributed by atoms with Gasteiger partial charge in [-0.05, 0) is 184 Å². The Morgan fingerprint density at radius 2 is 0.515 bits per heavy atom. The maximum Gasteiger partial charge on any atom is -0.000740 e. The molecule has 0 heteroatoms. The van der Waals surface area contributed by atoms with Crippen LogP contribution in [0.15, 0.2) is 255 Å². The smallest absolute Gasteiger partial charge is 0.000740 e. The van der Waals surface area contributed by atoms with Gasteiger partial charge < -0.3 is 0 Å². The third-order valence-electron chi connectivity index (χ3n) is 14.5. The second kappa shape index (κ2) is 15.4. The van der Waals surface area contributed by atoms with Crippen molar-refractivity contribution >= 4 is 86.2 Å². The van der Waals surface area contributed by atoms with E-state index in [4.69, 9.17) is 0 Å². The summed E-state index contributed by atoms with van der Waals surface area (Å²) in [7, 11) is 0. The highest BCUT2D eigenvalue weighted by atomic mass is 14.3. The zero-order valence-electron chi connectivity index (χ0n) is 37.2. The van der Waals surface area contributed by atoms with Crippen LogP contribution in [0.2, 0.25) is 0 Å². The minimum Gasteiger partial charge on any atom is -0.0622 e. The van der Waals surface area contributed by atoms with Gasteiger partial charge in [0, 0.05) is 0 Å². The minimum atomic E-state index is 1.20. The largest absolute Gasteiger partial charge is 0.0622 e. The molecule has 0 aliphatic rings. The summed E-state index contributed by atoms with van der Waals surface area (Å²) in [6, 6.07) is 95.2. The summed E-state index contributed by atoms with van der Waals surface area (Å²) in [4.78, 5) is 0. The van der Waals surface area contributed by atoms with Gasteiger partial charge in [-0.2, -0.15) is 0 Å². The van der Waals surface area contributed by atoms with E-state index in [0.717, 1.165) is 0 Å². The van der Waals surface area contributed by atoms with Crippen LogP contribution in [0.5, 0.6) is 0 Å². The van der Waals surface area contributed by atoms with Crippen molar-refractivity contribution < 1.29 is 0 Å². The van der Waals surface area contributed by atoms with Gasteiger partial charge in [-0.1, -0.05) is 212 Å². The van der Waals surface area contributed by atoms with Gasteiger partial charge in [0.15, 0.2) is 0 Å². The Balaban J connectivity index is 1.19. The van der Waals surface area contributed by atoms with Crippen molar-refractivity contribution in [2.24, 2.45) is 0 Å². The Morgan fingerprint density at radius 1 is 0.162 bits per heavy atom. The minimum absolute atomic E-state index is 1.20. The topological polar surface area (TPSA) is 0 Å². The zero-order valence-corrected chi connectivity index (χ0v) is 37.2. The van der Waals surface area contributed by atoms with E-state index in [1.165, 1.54) is 142 Å². The Bertz CT molecular complexity index is 4360. The lowest BCUT2D eigenvalue weighted by molar-refractivity contribution is 1.63. The van der Waals surface area contributed by atoms with Crippen LogP contribution in [0, 0.1) is 0 Å². The van der Waals surface area contributed by atoms with Crippen molar-refractivity contribution in [2.75, 3.05) is 0 Å². The first kappa shape index (κ1) is 38.4. The van der Waals surface area contributed by atoms with Gasteiger partial charge in [0.2, 0.25) is 0 Å². The number of hydrogen-bond acceptors (Lipinski definition) is 0. The number of hydrogen-bond donors (Lipinski definition) is 0. The van der Waals surface area contributed by atoms with Gasteiger partial charge in [-0.15, -0.1) is 0 Å². The Labute approximate surface area is 394 Å². The van der Waals surface area contributed by atoms with Crippen LogP contribution in [0.1, 0.15) is 0 Å². The monoisotopic (exact) mass is 858 g/mol. The summed E-state index contributed by atoms with van der Waals surface area (Å²) < 4.78 is 0. The lowest BCUT2D eigenvalue weighted by Gasteiger charge is -2.24. The molecular formula is C68H42. The van der Waals surface area contributed by atoms with E-state index in [1.54, 1.807) is 0 Å². The van der Waals surface area contributed by atoms with Crippen LogP contribution in [-0.2, 0) is 0 Å². The molecule has 0 heterocycles. The van der Waals surface area contributed by atoms with Crippen molar-refractivity contribution in [3.63, 3.8) is 0 Å². The summed E-state index contributed by atoms with van der Waals surface area (Å²) in [5, 5.41) is 19.9. The van der Waals surface area contributed by atoms with E-state index in [9.17, 15) is 0 Å². The van der Waals surface area contributed by atoms with Gasteiger partial charge >= 0.3 is 0 Å². The SMILES string of the molecule is c1ccc(-c2cc3ccccc3cc2-c2c3ccccc3c(-c3ccc4ccccc4c3)c3c4ccc(-c5ccc6ccccc6c5)cc4c4cc(-c5ccc6ccccc6c5)ccc4c23)cc1. The van der Waals surface area contributed by atoms with Crippen LogP contribution in [0.4, 0.5) is 0 Å². The van der Waals surface area contributed by atoms with Crippen LogP contribution in [-0.4, -0.2) is 0 Å². The van der Waals surface area contributed by atoms with Gasteiger partial charge in [0.05, 0.1) is 0 Å². The molecule has 0 unspecified atom stereocenters. The molecule has 0 aromatic heterocycles. The fourth-order valence-corrected chi connectivity index (χ4v) is 11.3. The van der Waals surface area contributed by atoms with E-state index < -0.39 is 0 Å². The van der Waals surface area contributed by atoms with Gasteiger partial charge in [-0.25, -0.2) is 0 Å². The first-order valence-electron chi connectivity index (χ1n) is 23.6. The Morgan fingerprint density at radius 3 is 1.03 bits per heavy atom. The van der Waals surface area contributed by atoms with Crippen LogP contribution in [0.25, 0.3) is 142 Å². The Kier molecular flexibility index (Phi) is 8.69. The first-order chi connectivity index (χ1) is 33.7. The molecule has 14 aromatic carbocycles. The van der Waals surface area contributed by atoms with Gasteiger partial charge in [0.1, 0.15) is 0 Å². The van der Waals surface area contributed by atoms with E-state index in [-0.39, 0.29) is 0 Å². The molecular weight excluding hydrogens is 817 g/mol. The summed E-state index contributed by atoms with van der Waals surface area (Å²) in [6.45, 7) is 0. The molecule has 0 saturated carbocycles. The van der Waals surface area contributed by atoms with Crippen molar-refractivity contribution in [1.82, 2.24) is 0 Å². The summed E-state index contributed by atoms with van der Waals surface area (Å²) in [6.07, 6.45) is 0. The molecule has 0 saturated heterocycles. The van der Waals surface area contributed by atoms with E-state index in [0.29, 0.717) is 0 Å². The fraction of sp³-hybridized carbons (Fsp3) is 0. The molecule has 0 fully saturated rings. The number of fused-ring (bicyclic) bond motifs is 11. The van der Waals surface area contributed by atoms with Crippen molar-refractivity contribution in [3.05, 3.63) is 255 Å². The highest BCUT2D eigenvalue weighted by molar-refractivity contribution is 6.38. The quantitative estimate of drug-likeness (QED) is 0.119. The first-order valence-corrected chi connectivity index (χ1v) is 23.6. The standard InChI is InChI=1S/C68H42/c1-2-17-46(18-3-1)61-39-50-22-10-11-23-51(50)42-64(61)66-58-25-13-12-24-57(58)65(56-31-28-45-16-6-9-21-49(45)38-56)67-59-34-32-54(52-29-26-43-14-4-7-19-47(43)36-52)40-62(59)63-41-55(33-35-60(63)68(66)67)53-30-27-44-15-5-8-20-48(44)37-53/h1-42H. The lowest BCUT2D eigenvalue weighted by atomic mass is 9.79. The second-order valence-electron chi connectivity index (χ2n) is 18.4. The molecule has 0 bridgehead atoms. The molecule has 0 spiro atoms. The summed E-state index contributed by atoms with van der Waals surface area (Å²) in [5.74, 6) is 0. The third-order valence-corrected chi connectivity index (χ3v) is 14.5. The fourth-order valence-electron chi connectivity index (χ4n) is 11.3. The molecule has 0 radical (unpaired) electrons. The lowest BCUT2D eigenvalue weighted by Crippen LogP contribution is -1.96. The summed E-state index contributed by atoms with van der Waals surface area (Å²) in [5.41, 5.74) is 12.2. The van der Waals surface area contributed by atoms with Crippen LogP contribution < -0.4 is 0 Å². The van der Waals surface area contributed by atoms with Crippen LogP contribution in [0.3, 0.4) is 0 Å². The maximum atomic E-state index is 2.47. The van der Waals surface area contributed by atoms with Gasteiger partial charge in [-0.3, -0.25) is 0 Å². The van der Waals surface area contributed by atoms with Crippen molar-refractivity contribution in [2.45, 2.75) is 0 Å². The predicted octanol–water partition coefficient (Wildman–Crippen LogP) is 19.2. The average Bonchev–Trinajstić information content (AvgIpc) is 3.41. The van der Waals surface area contributed by atoms with Crippen molar-refractivity contribution in [1.29, 1.82) is 0 Å². The van der Waals surface area contributed by atoms with E-state index >= 15 is 0 Å². The molecule has 0 atom stereocenters. The normalized spacial score (nSPS) is 11.8. The zero-order chi connectivity index (χ0) is 44.7. The molecule has 314 valence electrons. The molecule has 0 amide bonds. The molecule has 14 aromatic rings.